The van der Waals surface area contributed by atoms with Crippen molar-refractivity contribution in [2.45, 2.75) is 50.2 Å². The third-order valence-electron chi connectivity index (χ3n) is 4.22. The van der Waals surface area contributed by atoms with Crippen LogP contribution in [-0.2, 0) is 19.2 Å². The van der Waals surface area contributed by atoms with Crippen molar-refractivity contribution in [3.8, 4) is 0 Å². The average molecular weight is 326 g/mol. The molecule has 5 N–H and O–H groups in total. The summed E-state index contributed by atoms with van der Waals surface area (Å²) < 4.78 is 0. The maximum atomic E-state index is 12.6. The Morgan fingerprint density at radius 3 is 2.57 bits per heavy atom. The van der Waals surface area contributed by atoms with Crippen LogP contribution in [0.5, 0.6) is 0 Å². The smallest absolute Gasteiger partial charge is 0.326 e. The fourth-order valence-electron chi connectivity index (χ4n) is 3.07. The first-order valence-corrected chi connectivity index (χ1v) is 7.75. The molecule has 3 amide bonds. The number of carboxylic acid groups (broad SMARTS) is 1. The Hall–Kier alpha value is -2.16. The van der Waals surface area contributed by atoms with Gasteiger partial charge in [-0.1, -0.05) is 0 Å². The van der Waals surface area contributed by atoms with Gasteiger partial charge >= 0.3 is 5.97 Å². The van der Waals surface area contributed by atoms with Crippen LogP contribution in [0.1, 0.15) is 32.1 Å². The van der Waals surface area contributed by atoms with Crippen molar-refractivity contribution >= 4 is 23.7 Å². The summed E-state index contributed by atoms with van der Waals surface area (Å²) in [6, 6.07) is -2.44. The van der Waals surface area contributed by atoms with Crippen LogP contribution in [0.15, 0.2) is 0 Å². The van der Waals surface area contributed by atoms with Crippen LogP contribution in [-0.4, -0.2) is 64.9 Å². The summed E-state index contributed by atoms with van der Waals surface area (Å²) in [7, 11) is 0. The third-order valence-corrected chi connectivity index (χ3v) is 4.22. The SMILES string of the molecule is NC(=O)C[C@H](NC(=O)[C@@H]1CCCN1)C(=O)N1CCC[C@H]1C(=O)O. The number of carbonyl (C=O) groups excluding carboxylic acids is 3. The maximum absolute atomic E-state index is 12.6. The van der Waals surface area contributed by atoms with Crippen molar-refractivity contribution in [2.24, 2.45) is 5.73 Å². The highest BCUT2D eigenvalue weighted by Gasteiger charge is 2.38. The van der Waals surface area contributed by atoms with Crippen molar-refractivity contribution in [3.63, 3.8) is 0 Å². The Morgan fingerprint density at radius 1 is 1.26 bits per heavy atom. The van der Waals surface area contributed by atoms with E-state index in [2.05, 4.69) is 10.6 Å². The molecule has 0 saturated carbocycles. The Balaban J connectivity index is 2.07. The third kappa shape index (κ3) is 4.19. The molecular formula is C14H22N4O5. The summed E-state index contributed by atoms with van der Waals surface area (Å²) in [4.78, 5) is 48.4. The van der Waals surface area contributed by atoms with E-state index in [-0.39, 0.29) is 12.3 Å². The molecule has 2 aliphatic rings. The minimum absolute atomic E-state index is 0.294. The van der Waals surface area contributed by atoms with Gasteiger partial charge in [0.15, 0.2) is 0 Å². The summed E-state index contributed by atoms with van der Waals surface area (Å²) in [5, 5.41) is 14.7. The minimum atomic E-state index is -1.12. The normalized spacial score (nSPS) is 25.1. The molecule has 9 nitrogen and oxygen atoms in total. The number of carboxylic acids is 1. The summed E-state index contributed by atoms with van der Waals surface area (Å²) in [5.41, 5.74) is 5.16. The maximum Gasteiger partial charge on any atom is 0.326 e. The fraction of sp³-hybridized carbons (Fsp3) is 0.714. The standard InChI is InChI=1S/C14H22N4O5/c15-11(19)7-9(17-12(20)8-3-1-5-16-8)13(21)18-6-2-4-10(18)14(22)23/h8-10,16H,1-7H2,(H2,15,19)(H,17,20)(H,22,23)/t8-,9-,10-/m0/s1. The largest absolute Gasteiger partial charge is 0.480 e. The number of aliphatic carboxylic acids is 1. The van der Waals surface area contributed by atoms with E-state index in [0.29, 0.717) is 25.8 Å². The van der Waals surface area contributed by atoms with Crippen molar-refractivity contribution < 1.29 is 24.3 Å². The quantitative estimate of drug-likeness (QED) is 0.452. The number of nitrogens with one attached hydrogen (secondary N) is 2. The number of carbonyl (C=O) groups is 4. The van der Waals surface area contributed by atoms with Crippen molar-refractivity contribution in [1.82, 2.24) is 15.5 Å². The molecule has 0 radical (unpaired) electrons. The molecular weight excluding hydrogens is 304 g/mol. The van der Waals surface area contributed by atoms with Gasteiger partial charge in [-0.15, -0.1) is 0 Å². The first-order chi connectivity index (χ1) is 10.9. The van der Waals surface area contributed by atoms with E-state index < -0.39 is 35.9 Å². The second-order valence-corrected chi connectivity index (χ2v) is 5.91. The lowest BCUT2D eigenvalue weighted by atomic mass is 10.1. The summed E-state index contributed by atoms with van der Waals surface area (Å²) in [5.74, 6) is -2.75. The highest BCUT2D eigenvalue weighted by molar-refractivity contribution is 5.95. The van der Waals surface area contributed by atoms with Crippen LogP contribution in [0.4, 0.5) is 0 Å². The van der Waals surface area contributed by atoms with Gasteiger partial charge in [-0.05, 0) is 32.2 Å². The topological polar surface area (TPSA) is 142 Å². The van der Waals surface area contributed by atoms with Gasteiger partial charge < -0.3 is 26.4 Å². The van der Waals surface area contributed by atoms with E-state index in [1.54, 1.807) is 0 Å². The fourth-order valence-corrected chi connectivity index (χ4v) is 3.07. The highest BCUT2D eigenvalue weighted by Crippen LogP contribution is 2.19. The van der Waals surface area contributed by atoms with E-state index in [1.807, 2.05) is 0 Å². The lowest BCUT2D eigenvalue weighted by molar-refractivity contribution is -0.149. The number of rotatable bonds is 6. The van der Waals surface area contributed by atoms with Gasteiger partial charge in [0, 0.05) is 6.54 Å². The zero-order valence-electron chi connectivity index (χ0n) is 12.8. The number of hydrogen-bond donors (Lipinski definition) is 4. The number of amides is 3. The van der Waals surface area contributed by atoms with Gasteiger partial charge in [-0.2, -0.15) is 0 Å². The Bertz CT molecular complexity index is 503. The Morgan fingerprint density at radius 2 is 2.00 bits per heavy atom. The first-order valence-electron chi connectivity index (χ1n) is 7.75. The van der Waals surface area contributed by atoms with E-state index in [4.69, 9.17) is 10.8 Å². The molecule has 2 heterocycles. The van der Waals surface area contributed by atoms with Crippen LogP contribution in [0.25, 0.3) is 0 Å². The zero-order chi connectivity index (χ0) is 17.0. The predicted octanol–water partition coefficient (Wildman–Crippen LogP) is -1.83. The van der Waals surface area contributed by atoms with Crippen LogP contribution in [0, 0.1) is 0 Å². The van der Waals surface area contributed by atoms with Gasteiger partial charge in [-0.3, -0.25) is 14.4 Å². The number of primary amides is 1. The van der Waals surface area contributed by atoms with E-state index in [0.717, 1.165) is 13.0 Å². The van der Waals surface area contributed by atoms with Gasteiger partial charge in [0.2, 0.25) is 17.7 Å². The molecule has 0 bridgehead atoms. The molecule has 23 heavy (non-hydrogen) atoms. The van der Waals surface area contributed by atoms with E-state index in [9.17, 15) is 19.2 Å². The average Bonchev–Trinajstić information content (AvgIpc) is 3.16. The van der Waals surface area contributed by atoms with Gasteiger partial charge in [-0.25, -0.2) is 4.79 Å². The monoisotopic (exact) mass is 326 g/mol. The second kappa shape index (κ2) is 7.40. The minimum Gasteiger partial charge on any atom is -0.480 e. The summed E-state index contributed by atoms with van der Waals surface area (Å²) in [6.07, 6.45) is 2.11. The van der Waals surface area contributed by atoms with Gasteiger partial charge in [0.25, 0.3) is 0 Å². The molecule has 2 fully saturated rings. The molecule has 2 rings (SSSR count). The van der Waals surface area contributed by atoms with Gasteiger partial charge in [0.05, 0.1) is 12.5 Å². The van der Waals surface area contributed by atoms with Crippen LogP contribution >= 0.6 is 0 Å². The predicted molar refractivity (Wildman–Crippen MR) is 79.1 cm³/mol. The van der Waals surface area contributed by atoms with Gasteiger partial charge in [0.1, 0.15) is 12.1 Å². The molecule has 0 unspecified atom stereocenters. The van der Waals surface area contributed by atoms with Crippen molar-refractivity contribution in [2.75, 3.05) is 13.1 Å². The molecule has 0 aromatic rings. The highest BCUT2D eigenvalue weighted by atomic mass is 16.4. The number of nitrogens with two attached hydrogens (primary N) is 1. The molecule has 0 spiro atoms. The number of hydrogen-bond acceptors (Lipinski definition) is 5. The van der Waals surface area contributed by atoms with E-state index in [1.165, 1.54) is 4.90 Å². The molecule has 3 atom stereocenters. The number of likely N-dealkylation sites (tertiary alicyclic amines) is 1. The van der Waals surface area contributed by atoms with E-state index >= 15 is 0 Å². The Kier molecular flexibility index (Phi) is 5.54. The lowest BCUT2D eigenvalue weighted by Crippen LogP contribution is -2.55. The molecule has 0 aromatic heterocycles. The Labute approximate surface area is 133 Å². The second-order valence-electron chi connectivity index (χ2n) is 5.91. The van der Waals surface area contributed by atoms with Crippen molar-refractivity contribution in [3.05, 3.63) is 0 Å². The van der Waals surface area contributed by atoms with Crippen LogP contribution in [0.2, 0.25) is 0 Å². The van der Waals surface area contributed by atoms with Crippen LogP contribution in [0.3, 0.4) is 0 Å². The molecule has 128 valence electrons. The molecule has 0 aliphatic carbocycles. The van der Waals surface area contributed by atoms with Crippen molar-refractivity contribution in [1.29, 1.82) is 0 Å². The molecule has 9 heteroatoms. The zero-order valence-corrected chi connectivity index (χ0v) is 12.8. The molecule has 2 aliphatic heterocycles. The number of nitrogens with zero attached hydrogens (tertiary/aromatic N) is 1. The molecule has 2 saturated heterocycles. The lowest BCUT2D eigenvalue weighted by Gasteiger charge is -2.27. The molecule has 0 aromatic carbocycles. The summed E-state index contributed by atoms with van der Waals surface area (Å²) in [6.45, 7) is 1.02. The first kappa shape index (κ1) is 17.2. The van der Waals surface area contributed by atoms with Crippen LogP contribution < -0.4 is 16.4 Å². The summed E-state index contributed by atoms with van der Waals surface area (Å²) >= 11 is 0.